The maximum Gasteiger partial charge on any atom is 0.341 e. The maximum atomic E-state index is 11.7. The molecular weight excluding hydrogens is 302 g/mol. The Morgan fingerprint density at radius 2 is 1.38 bits per heavy atom. The summed E-state index contributed by atoms with van der Waals surface area (Å²) in [7, 11) is 0. The highest BCUT2D eigenvalue weighted by atomic mass is 16.4. The number of aromatic nitrogens is 1. The van der Waals surface area contributed by atoms with Gasteiger partial charge in [0.2, 0.25) is 0 Å². The number of benzene rings is 2. The lowest BCUT2D eigenvalue weighted by atomic mass is 10.0. The van der Waals surface area contributed by atoms with Gasteiger partial charge in [-0.05, 0) is 35.2 Å². The lowest BCUT2D eigenvalue weighted by Gasteiger charge is -2.05. The summed E-state index contributed by atoms with van der Waals surface area (Å²) in [6, 6.07) is 21.5. The smallest absolute Gasteiger partial charge is 0.341 e. The van der Waals surface area contributed by atoms with Gasteiger partial charge in [0.1, 0.15) is 5.56 Å². The summed E-state index contributed by atoms with van der Waals surface area (Å²) in [4.78, 5) is 25.2. The Morgan fingerprint density at radius 1 is 0.792 bits per heavy atom. The van der Waals surface area contributed by atoms with E-state index in [0.29, 0.717) is 12.1 Å². The van der Waals surface area contributed by atoms with Gasteiger partial charge < -0.3 is 10.1 Å². The van der Waals surface area contributed by atoms with Crippen molar-refractivity contribution < 1.29 is 9.90 Å². The lowest BCUT2D eigenvalue weighted by Crippen LogP contribution is -2.18. The lowest BCUT2D eigenvalue weighted by molar-refractivity contribution is 0.0695. The maximum absolute atomic E-state index is 11.7. The molecule has 0 radical (unpaired) electrons. The fraction of sp³-hybridized carbons (Fsp3) is 0.100. The molecule has 0 unspecified atom stereocenters. The number of aromatic amines is 1. The molecule has 0 aliphatic rings. The Kier molecular flexibility index (Phi) is 4.57. The molecule has 0 saturated heterocycles. The second-order valence-electron chi connectivity index (χ2n) is 5.69. The first-order valence-electron chi connectivity index (χ1n) is 7.69. The molecule has 0 bridgehead atoms. The number of carboxylic acids is 1. The molecule has 0 aliphatic carbocycles. The van der Waals surface area contributed by atoms with Crippen LogP contribution in [0.4, 0.5) is 0 Å². The minimum absolute atomic E-state index is 0.239. The number of H-pyrrole nitrogens is 1. The number of rotatable bonds is 5. The summed E-state index contributed by atoms with van der Waals surface area (Å²) in [5.41, 5.74) is 3.43. The average molecular weight is 319 g/mol. The third-order valence-electron chi connectivity index (χ3n) is 3.87. The Hall–Kier alpha value is -3.14. The van der Waals surface area contributed by atoms with Gasteiger partial charge in [-0.3, -0.25) is 4.79 Å². The van der Waals surface area contributed by atoms with Crippen molar-refractivity contribution >= 4 is 5.97 Å². The van der Waals surface area contributed by atoms with E-state index in [1.165, 1.54) is 17.2 Å². The molecule has 0 aliphatic heterocycles. The minimum Gasteiger partial charge on any atom is -0.477 e. The van der Waals surface area contributed by atoms with E-state index in [0.717, 1.165) is 12.0 Å². The molecule has 0 spiro atoms. The number of carboxylic acid groups (broad SMARTS) is 1. The van der Waals surface area contributed by atoms with Crippen LogP contribution in [-0.4, -0.2) is 16.1 Å². The van der Waals surface area contributed by atoms with Crippen LogP contribution in [0.5, 0.6) is 0 Å². The van der Waals surface area contributed by atoms with E-state index < -0.39 is 11.5 Å². The zero-order valence-corrected chi connectivity index (χ0v) is 13.0. The van der Waals surface area contributed by atoms with Gasteiger partial charge in [-0.15, -0.1) is 0 Å². The van der Waals surface area contributed by atoms with E-state index in [1.807, 2.05) is 30.3 Å². The molecule has 120 valence electrons. The van der Waals surface area contributed by atoms with Crippen LogP contribution in [0.15, 0.2) is 71.5 Å². The molecular formula is C20H17NO3. The highest BCUT2D eigenvalue weighted by Gasteiger charge is 2.08. The van der Waals surface area contributed by atoms with Crippen molar-refractivity contribution in [3.8, 4) is 0 Å². The number of nitrogens with one attached hydrogen (secondary N) is 1. The van der Waals surface area contributed by atoms with Crippen LogP contribution in [0.2, 0.25) is 0 Å². The minimum atomic E-state index is -1.21. The monoisotopic (exact) mass is 319 g/mol. The van der Waals surface area contributed by atoms with E-state index in [2.05, 4.69) is 29.2 Å². The first-order chi connectivity index (χ1) is 11.6. The summed E-state index contributed by atoms with van der Waals surface area (Å²) in [5.74, 6) is -1.21. The molecule has 1 heterocycles. The molecule has 2 aromatic carbocycles. The van der Waals surface area contributed by atoms with E-state index >= 15 is 0 Å². The third kappa shape index (κ3) is 3.79. The SMILES string of the molecule is O=C(O)c1ccc(Cc2ccc(Cc3ccccc3)cc2)[nH]c1=O. The van der Waals surface area contributed by atoms with Crippen LogP contribution in [-0.2, 0) is 12.8 Å². The van der Waals surface area contributed by atoms with Gasteiger partial charge in [0.15, 0.2) is 0 Å². The predicted molar refractivity (Wildman–Crippen MR) is 92.5 cm³/mol. The van der Waals surface area contributed by atoms with Crippen LogP contribution < -0.4 is 5.56 Å². The average Bonchev–Trinajstić information content (AvgIpc) is 2.57. The zero-order chi connectivity index (χ0) is 16.9. The number of aromatic carboxylic acids is 1. The molecule has 24 heavy (non-hydrogen) atoms. The van der Waals surface area contributed by atoms with Crippen molar-refractivity contribution in [2.45, 2.75) is 12.8 Å². The van der Waals surface area contributed by atoms with Crippen molar-refractivity contribution in [1.82, 2.24) is 4.98 Å². The standard InChI is InChI=1S/C20H17NO3/c22-19-18(20(23)24)11-10-17(21-19)13-16-8-6-15(7-9-16)12-14-4-2-1-3-5-14/h1-11H,12-13H2,(H,21,22)(H,23,24). The number of pyridine rings is 1. The van der Waals surface area contributed by atoms with Crippen LogP contribution in [0.3, 0.4) is 0 Å². The molecule has 2 N–H and O–H groups in total. The molecule has 1 aromatic heterocycles. The Labute approximate surface area is 139 Å². The van der Waals surface area contributed by atoms with Crippen LogP contribution in [0, 0.1) is 0 Å². The van der Waals surface area contributed by atoms with Crippen molar-refractivity contribution in [3.05, 3.63) is 105 Å². The van der Waals surface area contributed by atoms with Gasteiger partial charge in [-0.25, -0.2) is 4.79 Å². The van der Waals surface area contributed by atoms with E-state index in [1.54, 1.807) is 6.07 Å². The number of hydrogen-bond donors (Lipinski definition) is 2. The Morgan fingerprint density at radius 3 is 1.96 bits per heavy atom. The van der Waals surface area contributed by atoms with Crippen molar-refractivity contribution in [2.24, 2.45) is 0 Å². The summed E-state index contributed by atoms with van der Waals surface area (Å²) >= 11 is 0. The van der Waals surface area contributed by atoms with E-state index in [9.17, 15) is 9.59 Å². The van der Waals surface area contributed by atoms with E-state index in [-0.39, 0.29) is 5.56 Å². The van der Waals surface area contributed by atoms with Crippen LogP contribution in [0.25, 0.3) is 0 Å². The number of carbonyl (C=O) groups is 1. The van der Waals surface area contributed by atoms with E-state index in [4.69, 9.17) is 5.11 Å². The quantitative estimate of drug-likeness (QED) is 0.758. The zero-order valence-electron chi connectivity index (χ0n) is 13.0. The Balaban J connectivity index is 1.71. The number of hydrogen-bond acceptors (Lipinski definition) is 2. The van der Waals surface area contributed by atoms with Gasteiger partial charge in [0.05, 0.1) is 0 Å². The topological polar surface area (TPSA) is 70.2 Å². The first-order valence-corrected chi connectivity index (χ1v) is 7.69. The molecule has 4 heteroatoms. The first kappa shape index (κ1) is 15.7. The van der Waals surface area contributed by atoms with Gasteiger partial charge in [0.25, 0.3) is 5.56 Å². The van der Waals surface area contributed by atoms with Crippen LogP contribution >= 0.6 is 0 Å². The fourth-order valence-corrected chi connectivity index (χ4v) is 2.61. The molecule has 3 rings (SSSR count). The normalized spacial score (nSPS) is 10.5. The summed E-state index contributed by atoms with van der Waals surface area (Å²) in [6.45, 7) is 0. The molecule has 0 fully saturated rings. The van der Waals surface area contributed by atoms with Gasteiger partial charge in [-0.1, -0.05) is 54.6 Å². The second kappa shape index (κ2) is 6.96. The van der Waals surface area contributed by atoms with Crippen molar-refractivity contribution in [3.63, 3.8) is 0 Å². The second-order valence-corrected chi connectivity index (χ2v) is 5.69. The highest BCUT2D eigenvalue weighted by molar-refractivity contribution is 5.87. The van der Waals surface area contributed by atoms with Gasteiger partial charge in [0, 0.05) is 12.1 Å². The molecule has 0 atom stereocenters. The van der Waals surface area contributed by atoms with Crippen LogP contribution in [0.1, 0.15) is 32.7 Å². The summed E-state index contributed by atoms with van der Waals surface area (Å²) < 4.78 is 0. The molecule has 0 amide bonds. The highest BCUT2D eigenvalue weighted by Crippen LogP contribution is 2.13. The Bertz CT molecular complexity index is 896. The van der Waals surface area contributed by atoms with Gasteiger partial charge >= 0.3 is 5.97 Å². The van der Waals surface area contributed by atoms with Crippen molar-refractivity contribution in [2.75, 3.05) is 0 Å². The summed E-state index contributed by atoms with van der Waals surface area (Å²) in [5, 5.41) is 8.88. The molecule has 4 nitrogen and oxygen atoms in total. The van der Waals surface area contributed by atoms with Gasteiger partial charge in [-0.2, -0.15) is 0 Å². The molecule has 3 aromatic rings. The summed E-state index contributed by atoms with van der Waals surface area (Å²) in [6.07, 6.45) is 1.44. The van der Waals surface area contributed by atoms with Crippen molar-refractivity contribution in [1.29, 1.82) is 0 Å². The third-order valence-corrected chi connectivity index (χ3v) is 3.87. The fourth-order valence-electron chi connectivity index (χ4n) is 2.61. The predicted octanol–water partition coefficient (Wildman–Crippen LogP) is 3.25. The molecule has 0 saturated carbocycles. The largest absolute Gasteiger partial charge is 0.477 e.